The number of aromatic nitrogens is 1. The lowest BCUT2D eigenvalue weighted by atomic mass is 10.2. The van der Waals surface area contributed by atoms with E-state index in [1.807, 2.05) is 0 Å². The first-order valence-electron chi connectivity index (χ1n) is 4.39. The van der Waals surface area contributed by atoms with Crippen LogP contribution in [0.5, 0.6) is 0 Å². The Labute approximate surface area is 96.3 Å². The molecule has 2 N–H and O–H groups in total. The Morgan fingerprint density at radius 1 is 1.73 bits per heavy atom. The molecule has 5 heteroatoms. The Bertz CT molecular complexity index is 391. The van der Waals surface area contributed by atoms with E-state index < -0.39 is 0 Å². The van der Waals surface area contributed by atoms with Gasteiger partial charge in [-0.3, -0.25) is 0 Å². The van der Waals surface area contributed by atoms with Gasteiger partial charge in [-0.1, -0.05) is 0 Å². The molecule has 0 unspecified atom stereocenters. The van der Waals surface area contributed by atoms with Crippen molar-refractivity contribution in [3.63, 3.8) is 0 Å². The highest BCUT2D eigenvalue weighted by Gasteiger charge is 1.99. The van der Waals surface area contributed by atoms with E-state index in [1.54, 1.807) is 25.3 Å². The Morgan fingerprint density at radius 3 is 3.07 bits per heavy atom. The number of halogens is 1. The minimum Gasteiger partial charge on any atom is -0.463 e. The summed E-state index contributed by atoms with van der Waals surface area (Å²) in [5.41, 5.74) is 6.95. The minimum atomic E-state index is -0.389. The molecule has 0 aliphatic rings. The molecule has 0 atom stereocenters. The van der Waals surface area contributed by atoms with Crippen molar-refractivity contribution >= 4 is 33.7 Å². The van der Waals surface area contributed by atoms with Gasteiger partial charge in [0.05, 0.1) is 6.61 Å². The molecule has 0 bridgehead atoms. The first-order valence-corrected chi connectivity index (χ1v) is 5.18. The van der Waals surface area contributed by atoms with Crippen LogP contribution < -0.4 is 5.73 Å². The number of esters is 1. The zero-order chi connectivity index (χ0) is 11.3. The van der Waals surface area contributed by atoms with Crippen molar-refractivity contribution < 1.29 is 9.53 Å². The van der Waals surface area contributed by atoms with E-state index in [4.69, 9.17) is 10.5 Å². The van der Waals surface area contributed by atoms with Crippen molar-refractivity contribution in [2.75, 3.05) is 12.3 Å². The van der Waals surface area contributed by atoms with Gasteiger partial charge in [-0.2, -0.15) is 0 Å². The van der Waals surface area contributed by atoms with E-state index in [0.29, 0.717) is 22.5 Å². The van der Waals surface area contributed by atoms with Crippen LogP contribution >= 0.6 is 15.9 Å². The molecule has 80 valence electrons. The Balaban J connectivity index is 2.76. The lowest BCUT2D eigenvalue weighted by molar-refractivity contribution is -0.137. The van der Waals surface area contributed by atoms with Gasteiger partial charge in [-0.25, -0.2) is 9.78 Å². The number of carbonyl (C=O) groups excluding carboxylic acids is 1. The summed E-state index contributed by atoms with van der Waals surface area (Å²) < 4.78 is 5.39. The molecule has 1 rings (SSSR count). The van der Waals surface area contributed by atoms with E-state index in [0.717, 1.165) is 0 Å². The fourth-order valence-electron chi connectivity index (χ4n) is 0.942. The van der Waals surface area contributed by atoms with E-state index in [-0.39, 0.29) is 5.97 Å². The molecule has 15 heavy (non-hydrogen) atoms. The third-order valence-electron chi connectivity index (χ3n) is 1.62. The Hall–Kier alpha value is -1.36. The fourth-order valence-corrected chi connectivity index (χ4v) is 1.29. The van der Waals surface area contributed by atoms with Gasteiger partial charge in [0.2, 0.25) is 0 Å². The van der Waals surface area contributed by atoms with E-state index in [1.165, 1.54) is 6.08 Å². The molecule has 0 fully saturated rings. The van der Waals surface area contributed by atoms with Gasteiger partial charge in [0.15, 0.2) is 0 Å². The quantitative estimate of drug-likeness (QED) is 0.518. The number of hydrogen-bond acceptors (Lipinski definition) is 4. The van der Waals surface area contributed by atoms with Gasteiger partial charge in [-0.15, -0.1) is 0 Å². The topological polar surface area (TPSA) is 65.2 Å². The number of nitrogen functional groups attached to an aromatic ring is 1. The second-order valence-electron chi connectivity index (χ2n) is 2.72. The zero-order valence-electron chi connectivity index (χ0n) is 8.24. The van der Waals surface area contributed by atoms with Crippen molar-refractivity contribution in [1.82, 2.24) is 4.98 Å². The molecule has 0 radical (unpaired) electrons. The largest absolute Gasteiger partial charge is 0.463 e. The zero-order valence-corrected chi connectivity index (χ0v) is 9.82. The first-order chi connectivity index (χ1) is 7.13. The third-order valence-corrected chi connectivity index (χ3v) is 2.05. The number of nitrogens with two attached hydrogens (primary N) is 1. The Kier molecular flexibility index (Phi) is 4.30. The van der Waals surface area contributed by atoms with Gasteiger partial charge in [-0.05, 0) is 35.0 Å². The Morgan fingerprint density at radius 2 is 2.47 bits per heavy atom. The molecule has 0 aromatic carbocycles. The molecule has 0 spiro atoms. The predicted molar refractivity (Wildman–Crippen MR) is 62.0 cm³/mol. The van der Waals surface area contributed by atoms with Crippen LogP contribution in [0.4, 0.5) is 5.69 Å². The van der Waals surface area contributed by atoms with Crippen molar-refractivity contribution in [3.05, 3.63) is 28.5 Å². The van der Waals surface area contributed by atoms with Crippen molar-refractivity contribution in [2.24, 2.45) is 0 Å². The fraction of sp³-hybridized carbons (Fsp3) is 0.200. The van der Waals surface area contributed by atoms with E-state index >= 15 is 0 Å². The van der Waals surface area contributed by atoms with Crippen LogP contribution in [0.25, 0.3) is 6.08 Å². The third kappa shape index (κ3) is 3.71. The molecular formula is C10H11BrN2O2. The average molecular weight is 271 g/mol. The van der Waals surface area contributed by atoms with Crippen LogP contribution in [0, 0.1) is 0 Å². The molecule has 1 heterocycles. The second-order valence-corrected chi connectivity index (χ2v) is 3.53. The molecule has 0 amide bonds. The van der Waals surface area contributed by atoms with Crippen LogP contribution in [0.2, 0.25) is 0 Å². The van der Waals surface area contributed by atoms with Crippen molar-refractivity contribution in [3.8, 4) is 0 Å². The molecular weight excluding hydrogens is 260 g/mol. The van der Waals surface area contributed by atoms with Crippen molar-refractivity contribution in [1.29, 1.82) is 0 Å². The molecule has 0 saturated heterocycles. The van der Waals surface area contributed by atoms with Gasteiger partial charge >= 0.3 is 5.97 Å². The summed E-state index contributed by atoms with van der Waals surface area (Å²) >= 11 is 3.19. The lowest BCUT2D eigenvalue weighted by Gasteiger charge is -1.99. The number of rotatable bonds is 3. The predicted octanol–water partition coefficient (Wildman–Crippen LogP) is 2.00. The number of nitrogens with zero attached hydrogens (tertiary/aromatic N) is 1. The van der Waals surface area contributed by atoms with Gasteiger partial charge in [0.1, 0.15) is 4.60 Å². The summed E-state index contributed by atoms with van der Waals surface area (Å²) in [5, 5.41) is 0. The summed E-state index contributed by atoms with van der Waals surface area (Å²) in [6.45, 7) is 2.11. The van der Waals surface area contributed by atoms with Crippen LogP contribution in [0.1, 0.15) is 12.5 Å². The molecule has 4 nitrogen and oxygen atoms in total. The highest BCUT2D eigenvalue weighted by atomic mass is 79.9. The monoisotopic (exact) mass is 270 g/mol. The maximum Gasteiger partial charge on any atom is 0.330 e. The SMILES string of the molecule is CCOC(=O)C=Cc1cnc(Br)cc1N. The van der Waals surface area contributed by atoms with E-state index in [9.17, 15) is 4.79 Å². The second kappa shape index (κ2) is 5.50. The van der Waals surface area contributed by atoms with Crippen LogP contribution in [-0.4, -0.2) is 17.6 Å². The summed E-state index contributed by atoms with van der Waals surface area (Å²) in [7, 11) is 0. The number of pyridine rings is 1. The molecule has 0 aliphatic carbocycles. The van der Waals surface area contributed by atoms with Crippen molar-refractivity contribution in [2.45, 2.75) is 6.92 Å². The summed E-state index contributed by atoms with van der Waals surface area (Å²) in [6.07, 6.45) is 4.48. The van der Waals surface area contributed by atoms with Gasteiger partial charge in [0, 0.05) is 23.5 Å². The summed E-state index contributed by atoms with van der Waals surface area (Å²) in [5.74, 6) is -0.389. The smallest absolute Gasteiger partial charge is 0.330 e. The first kappa shape index (κ1) is 11.7. The maximum absolute atomic E-state index is 11.0. The number of ether oxygens (including phenoxy) is 1. The van der Waals surface area contributed by atoms with Crippen LogP contribution in [-0.2, 0) is 9.53 Å². The minimum absolute atomic E-state index is 0.358. The highest BCUT2D eigenvalue weighted by Crippen LogP contribution is 2.16. The summed E-state index contributed by atoms with van der Waals surface area (Å²) in [4.78, 5) is 15.0. The summed E-state index contributed by atoms with van der Waals surface area (Å²) in [6, 6.07) is 1.67. The standard InChI is InChI=1S/C10H11BrN2O2/c1-2-15-10(14)4-3-7-6-13-9(11)5-8(7)12/h3-6H,2H2,1H3,(H2,12,13). The number of anilines is 1. The molecule has 1 aromatic heterocycles. The maximum atomic E-state index is 11.0. The average Bonchev–Trinajstić information content (AvgIpc) is 2.17. The van der Waals surface area contributed by atoms with E-state index in [2.05, 4.69) is 20.9 Å². The number of hydrogen-bond donors (Lipinski definition) is 1. The van der Waals surface area contributed by atoms with Gasteiger partial charge in [0.25, 0.3) is 0 Å². The number of carbonyl (C=O) groups is 1. The normalized spacial score (nSPS) is 10.5. The molecule has 0 saturated carbocycles. The molecule has 0 aliphatic heterocycles. The van der Waals surface area contributed by atoms with Gasteiger partial charge < -0.3 is 10.5 Å². The van der Waals surface area contributed by atoms with Crippen LogP contribution in [0.3, 0.4) is 0 Å². The molecule has 1 aromatic rings. The highest BCUT2D eigenvalue weighted by molar-refractivity contribution is 9.10. The van der Waals surface area contributed by atoms with Crippen LogP contribution in [0.15, 0.2) is 22.9 Å². The lowest BCUT2D eigenvalue weighted by Crippen LogP contribution is -1.99.